The molecule has 4 nitrogen and oxygen atoms in total. The van der Waals surface area contributed by atoms with Crippen molar-refractivity contribution < 1.29 is 39.0 Å². The van der Waals surface area contributed by atoms with Gasteiger partial charge in [-0.05, 0) is 0 Å². The Hall–Kier alpha value is 1.93. The second-order valence-corrected chi connectivity index (χ2v) is 0. The molecule has 0 saturated carbocycles. The first kappa shape index (κ1) is 102. The average molecular weight is 262 g/mol. The van der Waals surface area contributed by atoms with Crippen LogP contribution in [0.4, 0.5) is 0 Å². The minimum atomic E-state index is 0. The zero-order valence-corrected chi connectivity index (χ0v) is 8.60. The van der Waals surface area contributed by atoms with E-state index in [0.29, 0.717) is 0 Å². The van der Waals surface area contributed by atoms with E-state index in [9.17, 15) is 0 Å². The van der Waals surface area contributed by atoms with Crippen LogP contribution >= 0.6 is 0 Å². The molecule has 0 aromatic carbocycles. The van der Waals surface area contributed by atoms with Gasteiger partial charge in [-0.25, -0.2) is 0 Å². The van der Waals surface area contributed by atoms with Crippen molar-refractivity contribution in [2.45, 2.75) is 0 Å². The van der Waals surface area contributed by atoms with E-state index in [0.717, 1.165) is 0 Å². The molecule has 6 heavy (non-hydrogen) atoms. The summed E-state index contributed by atoms with van der Waals surface area (Å²) in [6, 6.07) is 0. The first-order valence-corrected chi connectivity index (χ1v) is 0. The SMILES string of the molecule is O.O.[Ba+2].[Mn].[OH-].[OH-]. The third-order valence-electron chi connectivity index (χ3n) is 0. The van der Waals surface area contributed by atoms with E-state index < -0.39 is 0 Å². The van der Waals surface area contributed by atoms with E-state index in [4.69, 9.17) is 0 Å². The summed E-state index contributed by atoms with van der Waals surface area (Å²) in [6.07, 6.45) is 0. The molecule has 0 atom stereocenters. The first-order chi connectivity index (χ1) is 0. The van der Waals surface area contributed by atoms with Gasteiger partial charge in [0, 0.05) is 17.1 Å². The van der Waals surface area contributed by atoms with Crippen molar-refractivity contribution in [3.8, 4) is 0 Å². The van der Waals surface area contributed by atoms with Crippen molar-refractivity contribution in [3.63, 3.8) is 0 Å². The molecule has 0 heterocycles. The van der Waals surface area contributed by atoms with Crippen molar-refractivity contribution in [1.29, 1.82) is 0 Å². The first-order valence-electron chi connectivity index (χ1n) is 0. The van der Waals surface area contributed by atoms with Crippen LogP contribution < -0.4 is 0 Å². The van der Waals surface area contributed by atoms with Crippen LogP contribution in [0.25, 0.3) is 0 Å². The molecule has 0 aliphatic heterocycles. The predicted molar refractivity (Wildman–Crippen MR) is 16.9 cm³/mol. The average Bonchev–Trinajstić information content (AvgIpc) is 0. The summed E-state index contributed by atoms with van der Waals surface area (Å²) in [7, 11) is 0. The van der Waals surface area contributed by atoms with Crippen LogP contribution in [0.1, 0.15) is 0 Å². The molecule has 6 N–H and O–H groups in total. The zero-order chi connectivity index (χ0) is 0. The Bertz CT molecular complexity index is 7.51. The quantitative estimate of drug-likeness (QED) is 0.452. The van der Waals surface area contributed by atoms with Crippen molar-refractivity contribution in [3.05, 3.63) is 0 Å². The standard InChI is InChI=1S/Ba.Mn.4H2O/h;;4*1H2/q+2;;;;;/p-2. The molecule has 0 unspecified atom stereocenters. The van der Waals surface area contributed by atoms with Gasteiger partial charge in [0.2, 0.25) is 0 Å². The molecule has 0 spiro atoms. The molecule has 0 fully saturated rings. The monoisotopic (exact) mass is 263 g/mol. The van der Waals surface area contributed by atoms with Crippen LogP contribution in [0.2, 0.25) is 0 Å². The number of rotatable bonds is 0. The Morgan fingerprint density at radius 2 is 0.667 bits per heavy atom. The Morgan fingerprint density at radius 1 is 0.667 bits per heavy atom. The maximum atomic E-state index is 0. The predicted octanol–water partition coefficient (Wildman–Crippen LogP) is -2.39. The second kappa shape index (κ2) is 65.4. The molecule has 0 saturated heterocycles. The third-order valence-corrected chi connectivity index (χ3v) is 0. The molecular formula is H6BaMnO4. The summed E-state index contributed by atoms with van der Waals surface area (Å²) >= 11 is 0. The van der Waals surface area contributed by atoms with Gasteiger partial charge in [0.25, 0.3) is 0 Å². The van der Waals surface area contributed by atoms with Crippen molar-refractivity contribution in [2.24, 2.45) is 0 Å². The zero-order valence-electron chi connectivity index (χ0n) is 2.98. The molecule has 0 bridgehead atoms. The smallest absolute Gasteiger partial charge is 0.870 e. The third kappa shape index (κ3) is 38.7. The second-order valence-electron chi connectivity index (χ2n) is 0. The topological polar surface area (TPSA) is 123 Å². The molecule has 0 amide bonds. The summed E-state index contributed by atoms with van der Waals surface area (Å²) in [4.78, 5) is 0. The summed E-state index contributed by atoms with van der Waals surface area (Å²) < 4.78 is 0. The largest absolute Gasteiger partial charge is 2.00 e. The Kier molecular flexibility index (Phi) is 1110. The Morgan fingerprint density at radius 3 is 0.667 bits per heavy atom. The normalized spacial score (nSPS) is 0. The van der Waals surface area contributed by atoms with Crippen LogP contribution in [0.5, 0.6) is 0 Å². The van der Waals surface area contributed by atoms with E-state index in [1.807, 2.05) is 0 Å². The molecule has 0 aromatic rings. The summed E-state index contributed by atoms with van der Waals surface area (Å²) in [5, 5.41) is 0. The Labute approximate surface area is 86.5 Å². The minimum Gasteiger partial charge on any atom is -0.870 e. The number of hydrogen-bond donors (Lipinski definition) is 0. The van der Waals surface area contributed by atoms with E-state index in [-0.39, 0.29) is 87.9 Å². The Balaban J connectivity index is 0. The van der Waals surface area contributed by atoms with Gasteiger partial charge in [-0.15, -0.1) is 0 Å². The van der Waals surface area contributed by atoms with E-state index in [1.165, 1.54) is 0 Å². The van der Waals surface area contributed by atoms with E-state index >= 15 is 0 Å². The van der Waals surface area contributed by atoms with Crippen molar-refractivity contribution in [2.75, 3.05) is 0 Å². The fraction of sp³-hybridized carbons (Fsp3) is 0. The molecule has 0 rings (SSSR count). The van der Waals surface area contributed by atoms with Gasteiger partial charge in [-0.1, -0.05) is 0 Å². The van der Waals surface area contributed by atoms with Gasteiger partial charge in [0.15, 0.2) is 0 Å². The number of hydrogen-bond acceptors (Lipinski definition) is 2. The molecule has 0 aliphatic rings. The summed E-state index contributed by atoms with van der Waals surface area (Å²) in [5.41, 5.74) is 0. The molecule has 39 valence electrons. The van der Waals surface area contributed by atoms with Crippen LogP contribution in [-0.2, 0) is 17.1 Å². The van der Waals surface area contributed by atoms with Crippen molar-refractivity contribution >= 4 is 48.9 Å². The van der Waals surface area contributed by atoms with Crippen LogP contribution in [0.3, 0.4) is 0 Å². The van der Waals surface area contributed by atoms with Crippen LogP contribution in [0, 0.1) is 0 Å². The van der Waals surface area contributed by atoms with Gasteiger partial charge < -0.3 is 21.9 Å². The van der Waals surface area contributed by atoms with Crippen LogP contribution in [0.15, 0.2) is 0 Å². The summed E-state index contributed by atoms with van der Waals surface area (Å²) in [6.45, 7) is 0. The molecule has 0 aromatic heterocycles. The van der Waals surface area contributed by atoms with Gasteiger partial charge in [-0.2, -0.15) is 0 Å². The maximum absolute atomic E-state index is 0. The van der Waals surface area contributed by atoms with Gasteiger partial charge in [0.1, 0.15) is 0 Å². The molecule has 1 radical (unpaired) electrons. The van der Waals surface area contributed by atoms with Gasteiger partial charge >= 0.3 is 48.9 Å². The van der Waals surface area contributed by atoms with Crippen LogP contribution in [-0.4, -0.2) is 70.8 Å². The van der Waals surface area contributed by atoms with E-state index in [1.54, 1.807) is 0 Å². The molecular weight excluding hydrogens is 256 g/mol. The molecule has 0 aliphatic carbocycles. The fourth-order valence-electron chi connectivity index (χ4n) is 0. The van der Waals surface area contributed by atoms with Gasteiger partial charge in [-0.3, -0.25) is 0 Å². The summed E-state index contributed by atoms with van der Waals surface area (Å²) in [5.74, 6) is 0. The molecule has 6 heteroatoms. The van der Waals surface area contributed by atoms with Gasteiger partial charge in [0.05, 0.1) is 0 Å². The van der Waals surface area contributed by atoms with Crippen molar-refractivity contribution in [1.82, 2.24) is 0 Å². The minimum absolute atomic E-state index is 0. The fourth-order valence-corrected chi connectivity index (χ4v) is 0. The maximum Gasteiger partial charge on any atom is 2.00 e. The van der Waals surface area contributed by atoms with E-state index in [2.05, 4.69) is 0 Å².